The standard InChI is InChI=1S/C20H38O2/c1-3-4-5-6-7-8-9-10-11-12-13-14-15-16-17-18-19-20(21)22-2/h18-19H,3-17H2,1-2H3. The van der Waals surface area contributed by atoms with E-state index in [1.165, 1.54) is 103 Å². The zero-order chi connectivity index (χ0) is 16.3. The normalized spacial score (nSPS) is 11.2. The zero-order valence-electron chi connectivity index (χ0n) is 15.1. The summed E-state index contributed by atoms with van der Waals surface area (Å²) in [4.78, 5) is 10.9. The second-order valence-corrected chi connectivity index (χ2v) is 6.31. The number of carbonyl (C=O) groups is 1. The van der Waals surface area contributed by atoms with Crippen molar-refractivity contribution in [2.24, 2.45) is 0 Å². The van der Waals surface area contributed by atoms with E-state index in [0.717, 1.165) is 6.42 Å². The number of hydrogen-bond donors (Lipinski definition) is 0. The molecule has 0 heterocycles. The highest BCUT2D eigenvalue weighted by Crippen LogP contribution is 2.13. The van der Waals surface area contributed by atoms with Gasteiger partial charge in [0.2, 0.25) is 0 Å². The first-order valence-electron chi connectivity index (χ1n) is 9.55. The molecule has 0 saturated carbocycles. The smallest absolute Gasteiger partial charge is 0.330 e. The molecule has 0 fully saturated rings. The minimum Gasteiger partial charge on any atom is -0.466 e. The van der Waals surface area contributed by atoms with E-state index in [1.54, 1.807) is 0 Å². The third-order valence-corrected chi connectivity index (χ3v) is 4.18. The Morgan fingerprint density at radius 1 is 0.727 bits per heavy atom. The summed E-state index contributed by atoms with van der Waals surface area (Å²) in [6.45, 7) is 2.28. The number of hydrogen-bond acceptors (Lipinski definition) is 2. The highest BCUT2D eigenvalue weighted by molar-refractivity contribution is 5.81. The largest absolute Gasteiger partial charge is 0.466 e. The van der Waals surface area contributed by atoms with Crippen LogP contribution in [0.2, 0.25) is 0 Å². The molecule has 0 spiro atoms. The van der Waals surface area contributed by atoms with Gasteiger partial charge in [0.05, 0.1) is 7.11 Å². The van der Waals surface area contributed by atoms with E-state index < -0.39 is 0 Å². The van der Waals surface area contributed by atoms with Crippen LogP contribution in [0.1, 0.15) is 103 Å². The molecule has 0 aromatic rings. The molecule has 0 aliphatic carbocycles. The summed E-state index contributed by atoms with van der Waals surface area (Å²) in [5.41, 5.74) is 0. The molecule has 0 unspecified atom stereocenters. The van der Waals surface area contributed by atoms with E-state index in [2.05, 4.69) is 11.7 Å². The average Bonchev–Trinajstić information content (AvgIpc) is 2.54. The van der Waals surface area contributed by atoms with Crippen molar-refractivity contribution in [2.45, 2.75) is 103 Å². The Balaban J connectivity index is 3.05. The molecular weight excluding hydrogens is 272 g/mol. The molecule has 0 atom stereocenters. The summed E-state index contributed by atoms with van der Waals surface area (Å²) in [6, 6.07) is 0. The van der Waals surface area contributed by atoms with Crippen LogP contribution in [0.5, 0.6) is 0 Å². The molecule has 130 valence electrons. The molecule has 22 heavy (non-hydrogen) atoms. The van der Waals surface area contributed by atoms with E-state index in [4.69, 9.17) is 0 Å². The van der Waals surface area contributed by atoms with E-state index >= 15 is 0 Å². The molecule has 0 aliphatic rings. The lowest BCUT2D eigenvalue weighted by atomic mass is 10.0. The summed E-state index contributed by atoms with van der Waals surface area (Å²) in [5, 5.41) is 0. The Hall–Kier alpha value is -0.790. The summed E-state index contributed by atoms with van der Waals surface area (Å²) in [5.74, 6) is -0.245. The highest BCUT2D eigenvalue weighted by Gasteiger charge is 1.94. The molecule has 0 rings (SSSR count). The molecule has 0 bridgehead atoms. The third-order valence-electron chi connectivity index (χ3n) is 4.18. The number of esters is 1. The summed E-state index contributed by atoms with van der Waals surface area (Å²) in [7, 11) is 1.42. The van der Waals surface area contributed by atoms with Crippen molar-refractivity contribution >= 4 is 5.97 Å². The van der Waals surface area contributed by atoms with Gasteiger partial charge < -0.3 is 4.74 Å². The molecule has 0 saturated heterocycles. The van der Waals surface area contributed by atoms with Gasteiger partial charge in [0.15, 0.2) is 0 Å². The Labute approximate surface area is 138 Å². The molecule has 2 heteroatoms. The fraction of sp³-hybridized carbons (Fsp3) is 0.850. The van der Waals surface area contributed by atoms with Crippen LogP contribution in [0.15, 0.2) is 12.2 Å². The molecule has 0 aromatic heterocycles. The van der Waals surface area contributed by atoms with Crippen LogP contribution in [0.25, 0.3) is 0 Å². The van der Waals surface area contributed by atoms with Gasteiger partial charge in [-0.05, 0) is 12.8 Å². The van der Waals surface area contributed by atoms with Gasteiger partial charge in [0, 0.05) is 6.08 Å². The fourth-order valence-electron chi connectivity index (χ4n) is 2.70. The lowest BCUT2D eigenvalue weighted by Crippen LogP contribution is -1.93. The van der Waals surface area contributed by atoms with Crippen LogP contribution in [-0.4, -0.2) is 13.1 Å². The van der Waals surface area contributed by atoms with Crippen LogP contribution in [0.3, 0.4) is 0 Å². The van der Waals surface area contributed by atoms with Crippen molar-refractivity contribution in [1.29, 1.82) is 0 Å². The third kappa shape index (κ3) is 17.3. The van der Waals surface area contributed by atoms with Crippen molar-refractivity contribution in [3.63, 3.8) is 0 Å². The van der Waals surface area contributed by atoms with E-state index in [-0.39, 0.29) is 5.97 Å². The number of unbranched alkanes of at least 4 members (excludes halogenated alkanes) is 14. The van der Waals surface area contributed by atoms with Crippen LogP contribution in [0, 0.1) is 0 Å². The van der Waals surface area contributed by atoms with Gasteiger partial charge in [-0.3, -0.25) is 0 Å². The maximum absolute atomic E-state index is 10.9. The van der Waals surface area contributed by atoms with Gasteiger partial charge in [0.1, 0.15) is 0 Å². The lowest BCUT2D eigenvalue weighted by Gasteiger charge is -2.02. The van der Waals surface area contributed by atoms with Crippen molar-refractivity contribution in [2.75, 3.05) is 7.11 Å². The number of carbonyl (C=O) groups excluding carboxylic acids is 1. The van der Waals surface area contributed by atoms with Gasteiger partial charge >= 0.3 is 5.97 Å². The molecule has 0 amide bonds. The molecule has 2 nitrogen and oxygen atoms in total. The predicted molar refractivity (Wildman–Crippen MR) is 96.1 cm³/mol. The highest BCUT2D eigenvalue weighted by atomic mass is 16.5. The number of allylic oxidation sites excluding steroid dienone is 1. The van der Waals surface area contributed by atoms with Crippen molar-refractivity contribution in [3.8, 4) is 0 Å². The van der Waals surface area contributed by atoms with Crippen molar-refractivity contribution < 1.29 is 9.53 Å². The number of rotatable bonds is 16. The van der Waals surface area contributed by atoms with Gasteiger partial charge in [0.25, 0.3) is 0 Å². The SMILES string of the molecule is CCCCCCCCCCCCCCCCC=CC(=O)OC. The molecule has 0 N–H and O–H groups in total. The second-order valence-electron chi connectivity index (χ2n) is 6.31. The minimum atomic E-state index is -0.245. The first-order chi connectivity index (χ1) is 10.8. The van der Waals surface area contributed by atoms with Crippen LogP contribution in [0.4, 0.5) is 0 Å². The quantitative estimate of drug-likeness (QED) is 0.183. The van der Waals surface area contributed by atoms with Crippen LogP contribution in [-0.2, 0) is 9.53 Å². The lowest BCUT2D eigenvalue weighted by molar-refractivity contribution is -0.134. The van der Waals surface area contributed by atoms with Crippen molar-refractivity contribution in [1.82, 2.24) is 0 Å². The summed E-state index contributed by atoms with van der Waals surface area (Å²) in [6.07, 6.45) is 23.8. The van der Waals surface area contributed by atoms with Gasteiger partial charge in [-0.1, -0.05) is 96.5 Å². The first-order valence-corrected chi connectivity index (χ1v) is 9.55. The van der Waals surface area contributed by atoms with Crippen LogP contribution >= 0.6 is 0 Å². The van der Waals surface area contributed by atoms with Crippen molar-refractivity contribution in [3.05, 3.63) is 12.2 Å². The predicted octanol–water partition coefficient (Wildman–Crippen LogP) is 6.59. The summed E-state index contributed by atoms with van der Waals surface area (Å²) < 4.78 is 4.55. The summed E-state index contributed by atoms with van der Waals surface area (Å²) >= 11 is 0. The average molecular weight is 311 g/mol. The zero-order valence-corrected chi connectivity index (χ0v) is 15.1. The maximum atomic E-state index is 10.9. The van der Waals surface area contributed by atoms with Gasteiger partial charge in [-0.15, -0.1) is 0 Å². The maximum Gasteiger partial charge on any atom is 0.330 e. The minimum absolute atomic E-state index is 0.245. The van der Waals surface area contributed by atoms with Gasteiger partial charge in [-0.2, -0.15) is 0 Å². The van der Waals surface area contributed by atoms with E-state index in [9.17, 15) is 4.79 Å². The van der Waals surface area contributed by atoms with E-state index in [1.807, 2.05) is 6.08 Å². The molecule has 0 aromatic carbocycles. The Morgan fingerprint density at radius 3 is 1.55 bits per heavy atom. The van der Waals surface area contributed by atoms with E-state index in [0.29, 0.717) is 0 Å². The topological polar surface area (TPSA) is 26.3 Å². The Kier molecular flexibility index (Phi) is 17.6. The second kappa shape index (κ2) is 18.3. The van der Waals surface area contributed by atoms with Gasteiger partial charge in [-0.25, -0.2) is 4.79 Å². The Morgan fingerprint density at radius 2 is 1.14 bits per heavy atom. The molecule has 0 aliphatic heterocycles. The number of ether oxygens (including phenoxy) is 1. The monoisotopic (exact) mass is 310 g/mol. The first kappa shape index (κ1) is 21.2. The molecular formula is C20H38O2. The van der Waals surface area contributed by atoms with Crippen LogP contribution < -0.4 is 0 Å². The number of methoxy groups -OCH3 is 1. The Bertz CT molecular complexity index is 258. The molecule has 0 radical (unpaired) electrons. The fourth-order valence-corrected chi connectivity index (χ4v) is 2.70.